The van der Waals surface area contributed by atoms with Crippen LogP contribution in [-0.4, -0.2) is 64.4 Å². The minimum Gasteiger partial charge on any atom is -0.481 e. The highest BCUT2D eigenvalue weighted by molar-refractivity contribution is 5.93. The zero-order chi connectivity index (χ0) is 30.5. The van der Waals surface area contributed by atoms with E-state index in [1.165, 1.54) is 4.90 Å². The standard InChI is InChI=1S/C35H43N3O4/c1-25(23-34(2,3)36)20-31(39)37(4)30(22-27-14-15-28-12-8-9-13-29(28)21-27)32(40)38-18-16-35(17-19-38,33(41)42)24-26-10-6-5-7-11-26/h5-15,20-21,30H,16-19,22-24,36H2,1-4H3,(H,41,42)/b25-20+. The average molecular weight is 570 g/mol. The van der Waals surface area contributed by atoms with E-state index in [0.717, 1.165) is 27.5 Å². The van der Waals surface area contributed by atoms with E-state index in [2.05, 4.69) is 6.07 Å². The van der Waals surface area contributed by atoms with Gasteiger partial charge in [0, 0.05) is 38.2 Å². The molecule has 2 amide bonds. The number of benzene rings is 3. The van der Waals surface area contributed by atoms with Crippen LogP contribution < -0.4 is 5.73 Å². The summed E-state index contributed by atoms with van der Waals surface area (Å²) in [6, 6.07) is 23.1. The minimum absolute atomic E-state index is 0.164. The number of piperidine rings is 1. The summed E-state index contributed by atoms with van der Waals surface area (Å²) < 4.78 is 0. The van der Waals surface area contributed by atoms with Crippen molar-refractivity contribution < 1.29 is 19.5 Å². The van der Waals surface area contributed by atoms with Crippen LogP contribution in [0.4, 0.5) is 0 Å². The van der Waals surface area contributed by atoms with E-state index in [1.807, 2.05) is 87.5 Å². The second-order valence-electron chi connectivity index (χ2n) is 12.6. The number of aliphatic carboxylic acids is 1. The van der Waals surface area contributed by atoms with Crippen molar-refractivity contribution in [2.45, 2.75) is 64.5 Å². The largest absolute Gasteiger partial charge is 0.481 e. The van der Waals surface area contributed by atoms with E-state index >= 15 is 0 Å². The summed E-state index contributed by atoms with van der Waals surface area (Å²) in [4.78, 5) is 43.3. The molecule has 1 aliphatic heterocycles. The second kappa shape index (κ2) is 12.9. The summed E-state index contributed by atoms with van der Waals surface area (Å²) in [6.45, 7) is 6.35. The first-order valence-electron chi connectivity index (χ1n) is 14.6. The SMILES string of the molecule is C/C(=C\C(=O)N(C)C(Cc1ccc2ccccc2c1)C(=O)N1CCC(Cc2ccccc2)(C(=O)O)CC1)CC(C)(C)N. The number of carbonyl (C=O) groups excluding carboxylic acids is 2. The highest BCUT2D eigenvalue weighted by atomic mass is 16.4. The molecule has 0 spiro atoms. The third-order valence-electron chi connectivity index (χ3n) is 8.32. The number of amides is 2. The van der Waals surface area contributed by atoms with Crippen molar-refractivity contribution in [1.29, 1.82) is 0 Å². The third-order valence-corrected chi connectivity index (χ3v) is 8.32. The van der Waals surface area contributed by atoms with E-state index in [1.54, 1.807) is 18.0 Å². The maximum absolute atomic E-state index is 14.1. The van der Waals surface area contributed by atoms with Gasteiger partial charge in [-0.25, -0.2) is 0 Å². The molecule has 0 saturated carbocycles. The molecule has 42 heavy (non-hydrogen) atoms. The van der Waals surface area contributed by atoms with Gasteiger partial charge < -0.3 is 20.6 Å². The molecule has 0 aliphatic carbocycles. The number of rotatable bonds is 10. The molecule has 1 heterocycles. The van der Waals surface area contributed by atoms with Crippen LogP contribution in [0, 0.1) is 5.41 Å². The van der Waals surface area contributed by atoms with Gasteiger partial charge in [0.25, 0.3) is 0 Å². The van der Waals surface area contributed by atoms with Gasteiger partial charge in [-0.15, -0.1) is 0 Å². The molecule has 0 radical (unpaired) electrons. The second-order valence-corrected chi connectivity index (χ2v) is 12.6. The van der Waals surface area contributed by atoms with Gasteiger partial charge >= 0.3 is 5.97 Å². The summed E-state index contributed by atoms with van der Waals surface area (Å²) in [5.41, 5.74) is 7.56. The van der Waals surface area contributed by atoms with Crippen LogP contribution in [0.5, 0.6) is 0 Å². The molecule has 7 nitrogen and oxygen atoms in total. The molecule has 1 fully saturated rings. The van der Waals surface area contributed by atoms with E-state index < -0.39 is 23.0 Å². The number of nitrogens with zero attached hydrogens (tertiary/aromatic N) is 2. The number of nitrogens with two attached hydrogens (primary N) is 1. The summed E-state index contributed by atoms with van der Waals surface area (Å²) >= 11 is 0. The summed E-state index contributed by atoms with van der Waals surface area (Å²) in [6.07, 6.45) is 3.61. The zero-order valence-corrected chi connectivity index (χ0v) is 25.2. The Labute approximate surface area is 249 Å². The smallest absolute Gasteiger partial charge is 0.310 e. The van der Waals surface area contributed by atoms with Crippen LogP contribution in [0.1, 0.15) is 51.2 Å². The van der Waals surface area contributed by atoms with Crippen LogP contribution in [0.2, 0.25) is 0 Å². The number of hydrogen-bond acceptors (Lipinski definition) is 4. The lowest BCUT2D eigenvalue weighted by Crippen LogP contribution is -2.54. The number of likely N-dealkylation sites (N-methyl/N-ethyl adjacent to an activating group) is 1. The molecular weight excluding hydrogens is 526 g/mol. The number of fused-ring (bicyclic) bond motifs is 1. The Hall–Kier alpha value is -3.97. The summed E-state index contributed by atoms with van der Waals surface area (Å²) in [5.74, 6) is -1.25. The van der Waals surface area contributed by atoms with Crippen molar-refractivity contribution in [2.24, 2.45) is 11.1 Å². The number of carboxylic acid groups (broad SMARTS) is 1. The van der Waals surface area contributed by atoms with Crippen LogP contribution in [0.3, 0.4) is 0 Å². The monoisotopic (exact) mass is 569 g/mol. The van der Waals surface area contributed by atoms with Crippen LogP contribution in [0.15, 0.2) is 84.4 Å². The highest BCUT2D eigenvalue weighted by Gasteiger charge is 2.43. The van der Waals surface area contributed by atoms with Gasteiger partial charge in [-0.3, -0.25) is 14.4 Å². The normalized spacial score (nSPS) is 16.2. The molecule has 3 aromatic rings. The first-order chi connectivity index (χ1) is 19.9. The van der Waals surface area contributed by atoms with E-state index in [0.29, 0.717) is 45.2 Å². The number of carbonyl (C=O) groups is 3. The van der Waals surface area contributed by atoms with Crippen LogP contribution in [0.25, 0.3) is 10.8 Å². The van der Waals surface area contributed by atoms with E-state index in [4.69, 9.17) is 5.73 Å². The Morgan fingerprint density at radius 1 is 0.976 bits per heavy atom. The molecule has 222 valence electrons. The first-order valence-corrected chi connectivity index (χ1v) is 14.6. The van der Waals surface area contributed by atoms with Crippen molar-refractivity contribution >= 4 is 28.6 Å². The fraction of sp³-hybridized carbons (Fsp3) is 0.400. The topological polar surface area (TPSA) is 104 Å². The Morgan fingerprint density at radius 2 is 1.60 bits per heavy atom. The van der Waals surface area contributed by atoms with Crippen molar-refractivity contribution in [3.05, 3.63) is 95.6 Å². The molecule has 7 heteroatoms. The molecule has 3 aromatic carbocycles. The fourth-order valence-corrected chi connectivity index (χ4v) is 6.03. The lowest BCUT2D eigenvalue weighted by atomic mass is 9.73. The molecule has 1 aliphatic rings. The molecule has 3 N–H and O–H groups in total. The molecular formula is C35H43N3O4. The summed E-state index contributed by atoms with van der Waals surface area (Å²) in [7, 11) is 1.67. The van der Waals surface area contributed by atoms with Crippen molar-refractivity contribution in [2.75, 3.05) is 20.1 Å². The predicted octanol–water partition coefficient (Wildman–Crippen LogP) is 5.22. The van der Waals surface area contributed by atoms with E-state index in [-0.39, 0.29) is 11.8 Å². The average Bonchev–Trinajstić information content (AvgIpc) is 2.95. The Morgan fingerprint density at radius 3 is 2.21 bits per heavy atom. The van der Waals surface area contributed by atoms with Gasteiger partial charge in [0.05, 0.1) is 5.41 Å². The molecule has 0 bridgehead atoms. The zero-order valence-electron chi connectivity index (χ0n) is 25.2. The number of likely N-dealkylation sites (tertiary alicyclic amines) is 1. The minimum atomic E-state index is -0.928. The van der Waals surface area contributed by atoms with Gasteiger partial charge in [-0.05, 0) is 68.4 Å². The van der Waals surface area contributed by atoms with Gasteiger partial charge in [0.2, 0.25) is 11.8 Å². The van der Waals surface area contributed by atoms with Crippen molar-refractivity contribution in [1.82, 2.24) is 9.80 Å². The van der Waals surface area contributed by atoms with Gasteiger partial charge in [0.15, 0.2) is 0 Å². The molecule has 1 saturated heterocycles. The van der Waals surface area contributed by atoms with Gasteiger partial charge in [-0.2, -0.15) is 0 Å². The maximum atomic E-state index is 14.1. The Kier molecular flexibility index (Phi) is 9.52. The third kappa shape index (κ3) is 7.65. The van der Waals surface area contributed by atoms with Crippen LogP contribution >= 0.6 is 0 Å². The quantitative estimate of drug-likeness (QED) is 0.326. The Balaban J connectivity index is 1.57. The molecule has 1 atom stereocenters. The fourth-order valence-electron chi connectivity index (χ4n) is 6.03. The molecule has 1 unspecified atom stereocenters. The van der Waals surface area contributed by atoms with Crippen LogP contribution in [-0.2, 0) is 27.2 Å². The van der Waals surface area contributed by atoms with Crippen molar-refractivity contribution in [3.63, 3.8) is 0 Å². The summed E-state index contributed by atoms with van der Waals surface area (Å²) in [5, 5.41) is 12.4. The Bertz CT molecular complexity index is 1450. The molecule has 0 aromatic heterocycles. The van der Waals surface area contributed by atoms with Gasteiger partial charge in [0.1, 0.15) is 6.04 Å². The lowest BCUT2D eigenvalue weighted by Gasteiger charge is -2.41. The molecule has 4 rings (SSSR count). The van der Waals surface area contributed by atoms with E-state index in [9.17, 15) is 19.5 Å². The first kappa shape index (κ1) is 31.0. The van der Waals surface area contributed by atoms with Gasteiger partial charge in [-0.1, -0.05) is 78.4 Å². The predicted molar refractivity (Wildman–Crippen MR) is 167 cm³/mol. The highest BCUT2D eigenvalue weighted by Crippen LogP contribution is 2.36. The maximum Gasteiger partial charge on any atom is 0.310 e. The number of carboxylic acids is 1. The number of hydrogen-bond donors (Lipinski definition) is 2. The lowest BCUT2D eigenvalue weighted by molar-refractivity contribution is -0.155. The van der Waals surface area contributed by atoms with Crippen molar-refractivity contribution in [3.8, 4) is 0 Å².